The smallest absolute Gasteiger partial charge is 0.384 e. The molecule has 0 heterocycles. The predicted molar refractivity (Wildman–Crippen MR) is 65.5 cm³/mol. The van der Waals surface area contributed by atoms with E-state index in [2.05, 4.69) is 12.2 Å². The molecule has 0 aromatic heterocycles. The maximum atomic E-state index is 12.3. The summed E-state index contributed by atoms with van der Waals surface area (Å²) in [6.45, 7) is 2.85. The highest BCUT2D eigenvalue weighted by atomic mass is 32.2. The van der Waals surface area contributed by atoms with Crippen LogP contribution in [0.4, 0.5) is 18.9 Å². The molecule has 19 heavy (non-hydrogen) atoms. The molecule has 1 fully saturated rings. The van der Waals surface area contributed by atoms with Crippen LogP contribution in [0.3, 0.4) is 0 Å². The van der Waals surface area contributed by atoms with Gasteiger partial charge in [-0.05, 0) is 42.5 Å². The second-order valence-corrected chi connectivity index (χ2v) is 7.08. The average molecular weight is 293 g/mol. The van der Waals surface area contributed by atoms with Crippen molar-refractivity contribution >= 4 is 15.5 Å². The van der Waals surface area contributed by atoms with Gasteiger partial charge in [0.2, 0.25) is 0 Å². The fraction of sp³-hybridized carbons (Fsp3) is 0.500. The zero-order valence-corrected chi connectivity index (χ0v) is 11.1. The molecular formula is C12H14F3NO2S. The first-order valence-corrected chi connectivity index (χ1v) is 7.28. The number of alkyl halides is 3. The van der Waals surface area contributed by atoms with E-state index in [1.807, 2.05) is 0 Å². The van der Waals surface area contributed by atoms with Gasteiger partial charge in [0.25, 0.3) is 9.84 Å². The number of benzene rings is 1. The number of sulfone groups is 1. The van der Waals surface area contributed by atoms with Crippen molar-refractivity contribution in [2.45, 2.75) is 30.2 Å². The van der Waals surface area contributed by atoms with Crippen LogP contribution >= 0.6 is 0 Å². The number of hydrogen-bond acceptors (Lipinski definition) is 3. The van der Waals surface area contributed by atoms with Crippen LogP contribution in [0.1, 0.15) is 19.8 Å². The zero-order chi connectivity index (χ0) is 14.3. The molecule has 0 aliphatic heterocycles. The van der Waals surface area contributed by atoms with Crippen molar-refractivity contribution in [3.63, 3.8) is 0 Å². The van der Waals surface area contributed by atoms with Crippen LogP contribution in [-0.4, -0.2) is 20.5 Å². The van der Waals surface area contributed by atoms with Gasteiger partial charge in [-0.15, -0.1) is 0 Å². The second kappa shape index (κ2) is 4.40. The van der Waals surface area contributed by atoms with Crippen molar-refractivity contribution in [1.82, 2.24) is 0 Å². The number of halogens is 3. The highest BCUT2D eigenvalue weighted by Gasteiger charge is 2.46. The molecule has 0 unspecified atom stereocenters. The summed E-state index contributed by atoms with van der Waals surface area (Å²) in [5, 5.41) is 3.09. The lowest BCUT2D eigenvalue weighted by atomic mass is 10.1. The average Bonchev–Trinajstić information content (AvgIpc) is 3.04. The molecule has 0 amide bonds. The van der Waals surface area contributed by atoms with Gasteiger partial charge in [-0.1, -0.05) is 6.92 Å². The van der Waals surface area contributed by atoms with Crippen molar-refractivity contribution in [3.05, 3.63) is 24.3 Å². The Kier molecular flexibility index (Phi) is 3.28. The Hall–Kier alpha value is -1.24. The second-order valence-electron chi connectivity index (χ2n) is 5.14. The Labute approximate surface area is 109 Å². The zero-order valence-electron chi connectivity index (χ0n) is 10.3. The lowest BCUT2D eigenvalue weighted by Crippen LogP contribution is -2.23. The van der Waals surface area contributed by atoms with Gasteiger partial charge >= 0.3 is 5.51 Å². The van der Waals surface area contributed by atoms with Gasteiger partial charge < -0.3 is 5.32 Å². The molecule has 0 spiro atoms. The van der Waals surface area contributed by atoms with Crippen LogP contribution in [0.5, 0.6) is 0 Å². The third-order valence-corrected chi connectivity index (χ3v) is 4.79. The van der Waals surface area contributed by atoms with Gasteiger partial charge in [0.1, 0.15) is 0 Å². The van der Waals surface area contributed by atoms with Gasteiger partial charge in [-0.3, -0.25) is 0 Å². The van der Waals surface area contributed by atoms with Gasteiger partial charge in [-0.2, -0.15) is 13.2 Å². The molecule has 1 aromatic rings. The van der Waals surface area contributed by atoms with Crippen LogP contribution < -0.4 is 5.32 Å². The number of nitrogens with one attached hydrogen (secondary N) is 1. The minimum atomic E-state index is -5.26. The fourth-order valence-corrected chi connectivity index (χ4v) is 2.35. The largest absolute Gasteiger partial charge is 0.501 e. The Morgan fingerprint density at radius 3 is 2.16 bits per heavy atom. The molecule has 0 bridgehead atoms. The fourth-order valence-electron chi connectivity index (χ4n) is 1.59. The first-order chi connectivity index (χ1) is 8.64. The van der Waals surface area contributed by atoms with E-state index in [4.69, 9.17) is 0 Å². The van der Waals surface area contributed by atoms with E-state index in [0.717, 1.165) is 31.5 Å². The van der Waals surface area contributed by atoms with Crippen molar-refractivity contribution in [3.8, 4) is 0 Å². The molecule has 1 aliphatic carbocycles. The van der Waals surface area contributed by atoms with Crippen LogP contribution in [0.25, 0.3) is 0 Å². The van der Waals surface area contributed by atoms with Crippen LogP contribution in [-0.2, 0) is 9.84 Å². The Morgan fingerprint density at radius 1 is 1.21 bits per heavy atom. The molecule has 1 saturated carbocycles. The van der Waals surface area contributed by atoms with Crippen LogP contribution in [0.2, 0.25) is 0 Å². The Morgan fingerprint density at radius 2 is 1.74 bits per heavy atom. The van der Waals surface area contributed by atoms with Gasteiger partial charge in [0, 0.05) is 12.2 Å². The summed E-state index contributed by atoms with van der Waals surface area (Å²) in [4.78, 5) is -0.733. The van der Waals surface area contributed by atoms with E-state index in [1.54, 1.807) is 0 Å². The lowest BCUT2D eigenvalue weighted by Gasteiger charge is -2.12. The van der Waals surface area contributed by atoms with E-state index < -0.39 is 20.2 Å². The molecule has 3 nitrogen and oxygen atoms in total. The molecular weight excluding hydrogens is 279 g/mol. The van der Waals surface area contributed by atoms with Crippen molar-refractivity contribution in [2.75, 3.05) is 11.9 Å². The molecule has 1 N–H and O–H groups in total. The molecule has 1 aliphatic rings. The van der Waals surface area contributed by atoms with Crippen LogP contribution in [0.15, 0.2) is 29.2 Å². The summed E-state index contributed by atoms with van der Waals surface area (Å²) in [5.74, 6) is 0. The molecule has 0 saturated heterocycles. The normalized spacial score (nSPS) is 18.1. The lowest BCUT2D eigenvalue weighted by molar-refractivity contribution is -0.0436. The van der Waals surface area contributed by atoms with Crippen molar-refractivity contribution < 1.29 is 21.6 Å². The van der Waals surface area contributed by atoms with E-state index in [-0.39, 0.29) is 5.41 Å². The molecule has 106 valence electrons. The third-order valence-electron chi connectivity index (χ3n) is 3.29. The maximum absolute atomic E-state index is 12.3. The quantitative estimate of drug-likeness (QED) is 0.927. The van der Waals surface area contributed by atoms with Gasteiger partial charge in [-0.25, -0.2) is 8.42 Å². The summed E-state index contributed by atoms with van der Waals surface area (Å²) in [5.41, 5.74) is -4.38. The Bertz CT molecular complexity index is 560. The van der Waals surface area contributed by atoms with Crippen LogP contribution in [0, 0.1) is 5.41 Å². The maximum Gasteiger partial charge on any atom is 0.501 e. The summed E-state index contributed by atoms with van der Waals surface area (Å²) in [7, 11) is -5.25. The van der Waals surface area contributed by atoms with E-state index in [0.29, 0.717) is 5.69 Å². The third kappa shape index (κ3) is 3.02. The van der Waals surface area contributed by atoms with E-state index in [1.165, 1.54) is 12.1 Å². The SMILES string of the molecule is CC1(CNc2ccc(S(=O)(=O)C(F)(F)F)cc2)CC1. The highest BCUT2D eigenvalue weighted by molar-refractivity contribution is 7.92. The molecule has 2 rings (SSSR count). The highest BCUT2D eigenvalue weighted by Crippen LogP contribution is 2.44. The molecule has 1 aromatic carbocycles. The summed E-state index contributed by atoms with van der Waals surface area (Å²) in [6.07, 6.45) is 2.25. The molecule has 7 heteroatoms. The first-order valence-electron chi connectivity index (χ1n) is 5.79. The Balaban J connectivity index is 2.10. The van der Waals surface area contributed by atoms with Gasteiger partial charge in [0.05, 0.1) is 4.90 Å². The number of anilines is 1. The minimum absolute atomic E-state index is 0.261. The summed E-state index contributed by atoms with van der Waals surface area (Å²) < 4.78 is 59.3. The summed E-state index contributed by atoms with van der Waals surface area (Å²) in [6, 6.07) is 4.65. The molecule has 0 atom stereocenters. The monoisotopic (exact) mass is 293 g/mol. The van der Waals surface area contributed by atoms with E-state index in [9.17, 15) is 21.6 Å². The van der Waals surface area contributed by atoms with Crippen molar-refractivity contribution in [1.29, 1.82) is 0 Å². The minimum Gasteiger partial charge on any atom is -0.384 e. The predicted octanol–water partition coefficient (Wildman–Crippen LogP) is 3.19. The van der Waals surface area contributed by atoms with Crippen molar-refractivity contribution in [2.24, 2.45) is 5.41 Å². The van der Waals surface area contributed by atoms with E-state index >= 15 is 0 Å². The first kappa shape index (κ1) is 14.2. The van der Waals surface area contributed by atoms with Gasteiger partial charge in [0.15, 0.2) is 0 Å². The topological polar surface area (TPSA) is 46.2 Å². The summed E-state index contributed by atoms with van der Waals surface area (Å²) >= 11 is 0. The molecule has 0 radical (unpaired) electrons. The number of rotatable bonds is 4. The standard InChI is InChI=1S/C12H14F3NO2S/c1-11(6-7-11)8-16-9-2-4-10(5-3-9)19(17,18)12(13,14)15/h2-5,16H,6-8H2,1H3. The number of hydrogen-bond donors (Lipinski definition) is 1.